The number of carbonyl (C=O) groups excluding carboxylic acids is 2. The Labute approximate surface area is 196 Å². The van der Waals surface area contributed by atoms with Crippen molar-refractivity contribution in [2.45, 2.75) is 31.1 Å². The summed E-state index contributed by atoms with van der Waals surface area (Å²) in [5, 5.41) is 13.7. The highest BCUT2D eigenvalue weighted by Gasteiger charge is 2.29. The highest BCUT2D eigenvalue weighted by atomic mass is 32.2. The predicted molar refractivity (Wildman–Crippen MR) is 122 cm³/mol. The molecule has 2 aromatic rings. The van der Waals surface area contributed by atoms with E-state index in [1.54, 1.807) is 0 Å². The maximum Gasteiger partial charge on any atom is 0.345 e. The van der Waals surface area contributed by atoms with Gasteiger partial charge in [0.1, 0.15) is 16.2 Å². The van der Waals surface area contributed by atoms with Crippen LogP contribution in [0.15, 0.2) is 41.3 Å². The molecule has 12 heteroatoms. The number of hydrogen-bond acceptors (Lipinski definition) is 8. The number of piperidine rings is 1. The van der Waals surface area contributed by atoms with Crippen molar-refractivity contribution < 1.29 is 32.4 Å². The zero-order valence-electron chi connectivity index (χ0n) is 18.8. The van der Waals surface area contributed by atoms with Gasteiger partial charge in [-0.25, -0.2) is 13.2 Å². The lowest BCUT2D eigenvalue weighted by Crippen LogP contribution is -2.35. The topological polar surface area (TPSA) is 145 Å². The fourth-order valence-electron chi connectivity index (χ4n) is 3.67. The summed E-state index contributed by atoms with van der Waals surface area (Å²) in [7, 11) is -2.48. The normalized spacial score (nSPS) is 14.3. The first-order valence-electron chi connectivity index (χ1n) is 10.5. The average Bonchev–Trinajstić information content (AvgIpc) is 2.82. The van der Waals surface area contributed by atoms with Crippen LogP contribution in [0.5, 0.6) is 5.75 Å². The molecule has 0 aromatic heterocycles. The number of sulfonamides is 1. The first kappa shape index (κ1) is 25.1. The highest BCUT2D eigenvalue weighted by molar-refractivity contribution is 7.89. The second kappa shape index (κ2) is 10.6. The van der Waals surface area contributed by atoms with Crippen LogP contribution in [-0.4, -0.2) is 56.3 Å². The van der Waals surface area contributed by atoms with E-state index in [1.165, 1.54) is 54.7 Å². The number of nitro groups is 1. The van der Waals surface area contributed by atoms with Crippen LogP contribution in [0.3, 0.4) is 0 Å². The largest absolute Gasteiger partial charge is 0.495 e. The van der Waals surface area contributed by atoms with Gasteiger partial charge in [0, 0.05) is 24.3 Å². The maximum absolute atomic E-state index is 13.1. The van der Waals surface area contributed by atoms with E-state index in [2.05, 4.69) is 5.32 Å². The quantitative estimate of drug-likeness (QED) is 0.337. The van der Waals surface area contributed by atoms with Gasteiger partial charge in [-0.1, -0.05) is 18.6 Å². The van der Waals surface area contributed by atoms with Gasteiger partial charge in [0.2, 0.25) is 10.0 Å². The van der Waals surface area contributed by atoms with Gasteiger partial charge in [0.25, 0.3) is 11.6 Å². The minimum absolute atomic E-state index is 0.0814. The van der Waals surface area contributed by atoms with Crippen LogP contribution in [0.1, 0.15) is 35.2 Å². The fourth-order valence-corrected chi connectivity index (χ4v) is 5.37. The summed E-state index contributed by atoms with van der Waals surface area (Å²) in [6.45, 7) is 1.58. The molecule has 0 bridgehead atoms. The van der Waals surface area contributed by atoms with E-state index >= 15 is 0 Å². The van der Waals surface area contributed by atoms with Crippen molar-refractivity contribution in [1.82, 2.24) is 4.31 Å². The van der Waals surface area contributed by atoms with Crippen molar-refractivity contribution >= 4 is 33.3 Å². The fraction of sp³-hybridized carbons (Fsp3) is 0.364. The Morgan fingerprint density at radius 3 is 2.50 bits per heavy atom. The molecule has 11 nitrogen and oxygen atoms in total. The second-order valence-corrected chi connectivity index (χ2v) is 9.59. The van der Waals surface area contributed by atoms with Gasteiger partial charge in [-0.2, -0.15) is 4.31 Å². The number of carbonyl (C=O) groups is 2. The number of para-hydroxylation sites is 1. The number of methoxy groups -OCH3 is 1. The number of amides is 1. The molecule has 1 aliphatic heterocycles. The molecule has 1 heterocycles. The van der Waals surface area contributed by atoms with E-state index in [-0.39, 0.29) is 27.5 Å². The van der Waals surface area contributed by atoms with Crippen LogP contribution < -0.4 is 10.1 Å². The van der Waals surface area contributed by atoms with Crippen LogP contribution in [0.4, 0.5) is 11.4 Å². The Kier molecular flexibility index (Phi) is 7.84. The summed E-state index contributed by atoms with van der Waals surface area (Å²) in [6.07, 6.45) is 2.49. The van der Waals surface area contributed by atoms with Crippen molar-refractivity contribution in [3.63, 3.8) is 0 Å². The van der Waals surface area contributed by atoms with Gasteiger partial charge in [-0.05, 0) is 44.0 Å². The van der Waals surface area contributed by atoms with Crippen molar-refractivity contribution in [2.24, 2.45) is 0 Å². The van der Waals surface area contributed by atoms with E-state index in [0.29, 0.717) is 13.1 Å². The zero-order valence-corrected chi connectivity index (χ0v) is 19.6. The maximum atomic E-state index is 13.1. The first-order valence-corrected chi connectivity index (χ1v) is 12.0. The smallest absolute Gasteiger partial charge is 0.345 e. The molecule has 0 unspecified atom stereocenters. The third-order valence-electron chi connectivity index (χ3n) is 5.35. The van der Waals surface area contributed by atoms with Gasteiger partial charge in [0.15, 0.2) is 6.61 Å². The van der Waals surface area contributed by atoms with Gasteiger partial charge >= 0.3 is 5.97 Å². The number of nitro benzene ring substituents is 1. The average molecular weight is 492 g/mol. The van der Waals surface area contributed by atoms with Crippen molar-refractivity contribution in [1.29, 1.82) is 0 Å². The van der Waals surface area contributed by atoms with E-state index in [0.717, 1.165) is 19.3 Å². The third-order valence-corrected chi connectivity index (χ3v) is 7.27. The molecular weight excluding hydrogens is 466 g/mol. The molecule has 34 heavy (non-hydrogen) atoms. The molecule has 0 radical (unpaired) electrons. The van der Waals surface area contributed by atoms with Gasteiger partial charge < -0.3 is 14.8 Å². The number of esters is 1. The summed E-state index contributed by atoms with van der Waals surface area (Å²) < 4.78 is 37.7. The van der Waals surface area contributed by atoms with Crippen LogP contribution in [0.25, 0.3) is 0 Å². The minimum Gasteiger partial charge on any atom is -0.495 e. The van der Waals surface area contributed by atoms with Crippen molar-refractivity contribution in [2.75, 3.05) is 32.1 Å². The zero-order chi connectivity index (χ0) is 24.9. The Morgan fingerprint density at radius 2 is 1.85 bits per heavy atom. The lowest BCUT2D eigenvalue weighted by Gasteiger charge is -2.26. The molecule has 182 valence electrons. The minimum atomic E-state index is -3.83. The number of rotatable bonds is 8. The van der Waals surface area contributed by atoms with Crippen molar-refractivity contribution in [3.05, 3.63) is 57.6 Å². The Morgan fingerprint density at radius 1 is 1.15 bits per heavy atom. The number of nitrogens with one attached hydrogen (secondary N) is 1. The molecule has 1 N–H and O–H groups in total. The molecular formula is C22H25N3O8S. The molecule has 2 aromatic carbocycles. The predicted octanol–water partition coefficient (Wildman–Crippen LogP) is 2.88. The molecule has 3 rings (SSSR count). The lowest BCUT2D eigenvalue weighted by molar-refractivity contribution is -0.385. The molecule has 1 saturated heterocycles. The lowest BCUT2D eigenvalue weighted by atomic mass is 10.1. The summed E-state index contributed by atoms with van der Waals surface area (Å²) >= 11 is 0. The molecule has 1 amide bonds. The first-order chi connectivity index (χ1) is 16.1. The van der Waals surface area contributed by atoms with Crippen LogP contribution >= 0.6 is 0 Å². The Bertz CT molecular complexity index is 1210. The summed E-state index contributed by atoms with van der Waals surface area (Å²) in [6, 6.07) is 8.37. The Hall–Kier alpha value is -3.51. The number of benzene rings is 2. The number of ether oxygens (including phenoxy) is 2. The van der Waals surface area contributed by atoms with Crippen LogP contribution in [-0.2, 0) is 19.6 Å². The molecule has 1 fully saturated rings. The second-order valence-electron chi connectivity index (χ2n) is 7.68. The highest BCUT2D eigenvalue weighted by Crippen LogP contribution is 2.31. The van der Waals surface area contributed by atoms with Gasteiger partial charge in [-0.3, -0.25) is 14.9 Å². The SMILES string of the molecule is COc1ccc(NC(=O)COC(=O)c2cccc(C)c2[N+](=O)[O-])cc1S(=O)(=O)N1CCCCC1. The van der Waals surface area contributed by atoms with E-state index in [1.807, 2.05) is 0 Å². The summed E-state index contributed by atoms with van der Waals surface area (Å²) in [4.78, 5) is 35.1. The number of hydrogen-bond donors (Lipinski definition) is 1. The molecule has 0 saturated carbocycles. The molecule has 0 spiro atoms. The molecule has 0 atom stereocenters. The summed E-state index contributed by atoms with van der Waals surface area (Å²) in [5.74, 6) is -1.62. The van der Waals surface area contributed by atoms with Crippen LogP contribution in [0.2, 0.25) is 0 Å². The van der Waals surface area contributed by atoms with E-state index in [9.17, 15) is 28.1 Å². The number of anilines is 1. The van der Waals surface area contributed by atoms with Crippen molar-refractivity contribution in [3.8, 4) is 5.75 Å². The summed E-state index contributed by atoms with van der Waals surface area (Å²) in [5.41, 5.74) is -0.212. The van der Waals surface area contributed by atoms with E-state index in [4.69, 9.17) is 9.47 Å². The number of aryl methyl sites for hydroxylation is 1. The standard InChI is InChI=1S/C22H25N3O8S/c1-15-7-6-8-17(21(15)25(28)29)22(27)33-14-20(26)23-16-9-10-18(32-2)19(13-16)34(30,31)24-11-4-3-5-12-24/h6-10,13H,3-5,11-12,14H2,1-2H3,(H,23,26). The van der Waals surface area contributed by atoms with Gasteiger partial charge in [-0.15, -0.1) is 0 Å². The molecule has 1 aliphatic rings. The monoisotopic (exact) mass is 491 g/mol. The third kappa shape index (κ3) is 5.51. The van der Waals surface area contributed by atoms with Crippen LogP contribution in [0, 0.1) is 17.0 Å². The van der Waals surface area contributed by atoms with E-state index < -0.39 is 39.1 Å². The van der Waals surface area contributed by atoms with Gasteiger partial charge in [0.05, 0.1) is 12.0 Å². The Balaban J connectivity index is 1.72. The molecule has 0 aliphatic carbocycles. The number of nitrogens with zero attached hydrogens (tertiary/aromatic N) is 2.